The summed E-state index contributed by atoms with van der Waals surface area (Å²) in [6.07, 6.45) is 0. The van der Waals surface area contributed by atoms with E-state index in [1.165, 1.54) is 0 Å². The maximum atomic E-state index is 11.4. The molecule has 3 aromatic rings. The normalized spacial score (nSPS) is 12.7. The van der Waals surface area contributed by atoms with Crippen molar-refractivity contribution in [2.24, 2.45) is 5.73 Å². The van der Waals surface area contributed by atoms with Gasteiger partial charge < -0.3 is 15.7 Å². The van der Waals surface area contributed by atoms with Crippen molar-refractivity contribution < 1.29 is 0 Å². The summed E-state index contributed by atoms with van der Waals surface area (Å²) in [6, 6.07) is 7.05. The van der Waals surface area contributed by atoms with E-state index in [4.69, 9.17) is 5.73 Å². The predicted molar refractivity (Wildman–Crippen MR) is 83.2 cm³/mol. The average molecular weight is 352 g/mol. The molecule has 0 saturated heterocycles. The highest BCUT2D eigenvalue weighted by Gasteiger charge is 2.12. The molecule has 7 heteroatoms. The molecule has 3 rings (SSSR count). The van der Waals surface area contributed by atoms with Gasteiger partial charge in [0.05, 0.1) is 20.9 Å². The molecule has 0 fully saturated rings. The van der Waals surface area contributed by atoms with Gasteiger partial charge in [0, 0.05) is 0 Å². The summed E-state index contributed by atoms with van der Waals surface area (Å²) in [7, 11) is 0. The fourth-order valence-corrected chi connectivity index (χ4v) is 3.22. The second kappa shape index (κ2) is 5.01. The summed E-state index contributed by atoms with van der Waals surface area (Å²) in [5.41, 5.74) is 7.90. The van der Waals surface area contributed by atoms with Crippen molar-refractivity contribution >= 4 is 38.3 Å². The number of nitrogens with one attached hydrogen (secondary N) is 2. The molecule has 0 bridgehead atoms. The Bertz CT molecular complexity index is 896. The van der Waals surface area contributed by atoms with Crippen molar-refractivity contribution in [3.05, 3.63) is 65.3 Å². The number of aromatic amines is 2. The number of rotatable bonds is 2. The molecule has 0 radical (unpaired) electrons. The van der Waals surface area contributed by atoms with Gasteiger partial charge in [-0.2, -0.15) is 0 Å². The van der Waals surface area contributed by atoms with E-state index in [9.17, 15) is 9.59 Å². The Labute approximate surface area is 125 Å². The first-order valence-electron chi connectivity index (χ1n) is 5.80. The van der Waals surface area contributed by atoms with Gasteiger partial charge in [-0.1, -0.05) is 6.07 Å². The molecule has 0 spiro atoms. The lowest BCUT2D eigenvalue weighted by Gasteiger charge is -2.11. The van der Waals surface area contributed by atoms with Gasteiger partial charge in [-0.05, 0) is 50.6 Å². The van der Waals surface area contributed by atoms with Crippen molar-refractivity contribution in [3.63, 3.8) is 0 Å². The molecule has 1 unspecified atom stereocenters. The highest BCUT2D eigenvalue weighted by Crippen LogP contribution is 2.28. The largest absolute Gasteiger partial charge is 0.320 e. The second-order valence-electron chi connectivity index (χ2n) is 4.38. The summed E-state index contributed by atoms with van der Waals surface area (Å²) in [6.45, 7) is 0. The van der Waals surface area contributed by atoms with Crippen LogP contribution in [0.2, 0.25) is 0 Å². The number of hydrogen-bond donors (Lipinski definition) is 3. The van der Waals surface area contributed by atoms with Crippen molar-refractivity contribution in [2.45, 2.75) is 6.04 Å². The predicted octanol–water partition coefficient (Wildman–Crippen LogP) is 2.09. The van der Waals surface area contributed by atoms with Crippen LogP contribution in [0.4, 0.5) is 0 Å². The molecule has 1 atom stereocenters. The fourth-order valence-electron chi connectivity index (χ4n) is 2.00. The lowest BCUT2D eigenvalue weighted by atomic mass is 10.0. The second-order valence-corrected chi connectivity index (χ2v) is 6.67. The minimum absolute atomic E-state index is 0.280. The monoisotopic (exact) mass is 351 g/mol. The minimum Gasteiger partial charge on any atom is -0.320 e. The molecule has 0 amide bonds. The van der Waals surface area contributed by atoms with Crippen LogP contribution < -0.4 is 16.9 Å². The topological polar surface area (TPSA) is 91.7 Å². The Morgan fingerprint density at radius 1 is 1.05 bits per heavy atom. The zero-order chi connectivity index (χ0) is 14.3. The van der Waals surface area contributed by atoms with E-state index in [2.05, 4.69) is 25.9 Å². The van der Waals surface area contributed by atoms with E-state index < -0.39 is 11.1 Å². The fraction of sp³-hybridized carbons (Fsp3) is 0.0769. The van der Waals surface area contributed by atoms with Crippen molar-refractivity contribution in [3.8, 4) is 0 Å². The molecule has 2 aromatic heterocycles. The number of benzene rings is 1. The van der Waals surface area contributed by atoms with Crippen LogP contribution in [-0.2, 0) is 0 Å². The standard InChI is InChI=1S/C13H10BrN3O2S/c14-10-4-7(5-20-10)11(15)6-1-2-8-9(3-6)17-13(19)12(18)16-8/h1-5,11H,15H2,(H,16,18)(H,17,19). The number of hydrogen-bond acceptors (Lipinski definition) is 4. The number of aromatic nitrogens is 2. The number of nitrogens with two attached hydrogens (primary N) is 1. The van der Waals surface area contributed by atoms with Crippen molar-refractivity contribution in [1.29, 1.82) is 0 Å². The van der Waals surface area contributed by atoms with Gasteiger partial charge in [-0.15, -0.1) is 11.3 Å². The van der Waals surface area contributed by atoms with Crippen molar-refractivity contribution in [2.75, 3.05) is 0 Å². The quantitative estimate of drug-likeness (QED) is 0.617. The first kappa shape index (κ1) is 13.3. The highest BCUT2D eigenvalue weighted by molar-refractivity contribution is 9.11. The molecule has 0 saturated carbocycles. The Balaban J connectivity index is 2.11. The van der Waals surface area contributed by atoms with Gasteiger partial charge in [-0.25, -0.2) is 0 Å². The summed E-state index contributed by atoms with van der Waals surface area (Å²) >= 11 is 4.97. The first-order valence-corrected chi connectivity index (χ1v) is 7.47. The zero-order valence-electron chi connectivity index (χ0n) is 10.1. The number of thiophene rings is 1. The van der Waals surface area contributed by atoms with Gasteiger partial charge >= 0.3 is 11.1 Å². The lowest BCUT2D eigenvalue weighted by molar-refractivity contribution is 0.877. The summed E-state index contributed by atoms with van der Waals surface area (Å²) in [5, 5.41) is 1.98. The molecule has 2 heterocycles. The van der Waals surface area contributed by atoms with Crippen LogP contribution in [0.15, 0.2) is 43.0 Å². The molecular formula is C13H10BrN3O2S. The van der Waals surface area contributed by atoms with Crippen LogP contribution in [0, 0.1) is 0 Å². The third-order valence-electron chi connectivity index (χ3n) is 3.05. The lowest BCUT2D eigenvalue weighted by Crippen LogP contribution is -2.29. The summed E-state index contributed by atoms with van der Waals surface area (Å²) in [4.78, 5) is 27.7. The molecular weight excluding hydrogens is 342 g/mol. The van der Waals surface area contributed by atoms with Gasteiger partial charge in [-0.3, -0.25) is 9.59 Å². The highest BCUT2D eigenvalue weighted by atomic mass is 79.9. The van der Waals surface area contributed by atoms with Gasteiger partial charge in [0.1, 0.15) is 0 Å². The van der Waals surface area contributed by atoms with Gasteiger partial charge in [0.15, 0.2) is 0 Å². The maximum absolute atomic E-state index is 11.4. The SMILES string of the molecule is NC(c1csc(Br)c1)c1ccc2[nH]c(=O)c(=O)[nH]c2c1. The molecule has 4 N–H and O–H groups in total. The number of fused-ring (bicyclic) bond motifs is 1. The third-order valence-corrected chi connectivity index (χ3v) is 4.57. The molecule has 0 aliphatic rings. The van der Waals surface area contributed by atoms with Gasteiger partial charge in [0.25, 0.3) is 0 Å². The average Bonchev–Trinajstić information content (AvgIpc) is 2.85. The van der Waals surface area contributed by atoms with E-state index >= 15 is 0 Å². The zero-order valence-corrected chi connectivity index (χ0v) is 12.5. The summed E-state index contributed by atoms with van der Waals surface area (Å²) < 4.78 is 1.02. The molecule has 0 aliphatic heterocycles. The Kier molecular flexibility index (Phi) is 3.33. The van der Waals surface area contributed by atoms with Crippen LogP contribution >= 0.6 is 27.3 Å². The molecule has 5 nitrogen and oxygen atoms in total. The smallest absolute Gasteiger partial charge is 0.314 e. The molecule has 102 valence electrons. The Morgan fingerprint density at radius 2 is 1.75 bits per heavy atom. The van der Waals surface area contributed by atoms with Crippen LogP contribution in [0.3, 0.4) is 0 Å². The van der Waals surface area contributed by atoms with E-state index in [0.29, 0.717) is 11.0 Å². The molecule has 1 aromatic carbocycles. The van der Waals surface area contributed by atoms with Crippen LogP contribution in [0.25, 0.3) is 11.0 Å². The summed E-state index contributed by atoms with van der Waals surface area (Å²) in [5.74, 6) is 0. The van der Waals surface area contributed by atoms with E-state index in [1.807, 2.05) is 17.5 Å². The molecule has 0 aliphatic carbocycles. The van der Waals surface area contributed by atoms with Crippen LogP contribution in [0.5, 0.6) is 0 Å². The maximum Gasteiger partial charge on any atom is 0.314 e. The van der Waals surface area contributed by atoms with E-state index in [1.54, 1.807) is 23.5 Å². The van der Waals surface area contributed by atoms with E-state index in [-0.39, 0.29) is 6.04 Å². The Morgan fingerprint density at radius 3 is 2.40 bits per heavy atom. The minimum atomic E-state index is -0.665. The van der Waals surface area contributed by atoms with E-state index in [0.717, 1.165) is 14.9 Å². The molecule has 20 heavy (non-hydrogen) atoms. The van der Waals surface area contributed by atoms with Crippen LogP contribution in [-0.4, -0.2) is 9.97 Å². The van der Waals surface area contributed by atoms with Crippen LogP contribution in [0.1, 0.15) is 17.2 Å². The number of halogens is 1. The number of H-pyrrole nitrogens is 2. The Hall–Kier alpha value is -1.70. The van der Waals surface area contributed by atoms with Gasteiger partial charge in [0.2, 0.25) is 0 Å². The first-order chi connectivity index (χ1) is 9.54. The van der Waals surface area contributed by atoms with Crippen molar-refractivity contribution in [1.82, 2.24) is 9.97 Å². The third kappa shape index (κ3) is 2.35.